The van der Waals surface area contributed by atoms with Crippen molar-refractivity contribution in [2.24, 2.45) is 10.2 Å². The quantitative estimate of drug-likeness (QED) is 0.0704. The number of phenols is 1. The van der Waals surface area contributed by atoms with Gasteiger partial charge in [0.2, 0.25) is 17.2 Å². The molecule has 0 aliphatic carbocycles. The predicted octanol–water partition coefficient (Wildman–Crippen LogP) is 3.88. The normalized spacial score (nSPS) is 11.7. The molecule has 0 saturated carbocycles. The molecule has 0 saturated heterocycles. The summed E-state index contributed by atoms with van der Waals surface area (Å²) in [5.74, 6) is -1.38. The second-order valence-electron chi connectivity index (χ2n) is 9.10. The van der Waals surface area contributed by atoms with Gasteiger partial charge in [-0.3, -0.25) is 13.7 Å². The molecule has 0 amide bonds. The Kier molecular flexibility index (Phi) is 15.1. The summed E-state index contributed by atoms with van der Waals surface area (Å²) >= 11 is 6.07. The Hall–Kier alpha value is -1.83. The fourth-order valence-electron chi connectivity index (χ4n) is 4.10. The van der Waals surface area contributed by atoms with Crippen LogP contribution in [0.2, 0.25) is 5.28 Å². The minimum absolute atomic E-state index is 0. The van der Waals surface area contributed by atoms with Gasteiger partial charge in [-0.2, -0.15) is 40.2 Å². The number of halogens is 1. The van der Waals surface area contributed by atoms with Crippen molar-refractivity contribution in [3.05, 3.63) is 78.1 Å². The van der Waals surface area contributed by atoms with Crippen LogP contribution in [0.5, 0.6) is 5.75 Å². The zero-order valence-corrected chi connectivity index (χ0v) is 34.7. The zero-order chi connectivity index (χ0) is 33.4. The monoisotopic (exact) mass is 776 g/mol. The van der Waals surface area contributed by atoms with Crippen molar-refractivity contribution >= 4 is 176 Å². The van der Waals surface area contributed by atoms with E-state index in [0.717, 1.165) is 30.3 Å². The van der Waals surface area contributed by atoms with Crippen molar-refractivity contribution < 1.29 is 44.0 Å². The van der Waals surface area contributed by atoms with Gasteiger partial charge in [-0.1, -0.05) is 30.3 Å². The van der Waals surface area contributed by atoms with Crippen molar-refractivity contribution in [1.29, 1.82) is 0 Å². The molecule has 17 nitrogen and oxygen atoms in total. The average Bonchev–Trinajstić information content (AvgIpc) is 2.95. The molecule has 4 aromatic carbocycles. The van der Waals surface area contributed by atoms with Crippen LogP contribution in [0.25, 0.3) is 10.8 Å². The van der Waals surface area contributed by atoms with Gasteiger partial charge in [0.25, 0.3) is 30.4 Å². The Morgan fingerprint density at radius 2 is 1.22 bits per heavy atom. The van der Waals surface area contributed by atoms with Crippen LogP contribution in [0, 0.1) is 0 Å². The first-order valence-corrected chi connectivity index (χ1v) is 17.0. The maximum atomic E-state index is 12.3. The molecule has 1 aromatic heterocycles. The molecule has 49 heavy (non-hydrogen) atoms. The van der Waals surface area contributed by atoms with E-state index >= 15 is 0 Å². The number of azo groups is 1. The van der Waals surface area contributed by atoms with Crippen molar-refractivity contribution in [3.63, 3.8) is 0 Å². The molecule has 0 aliphatic heterocycles. The molecule has 0 atom stereocenters. The number of hydrogen-bond acceptors (Lipinski definition) is 14. The fraction of sp³-hybridized carbons (Fsp3) is 0. The maximum absolute atomic E-state index is 12.3. The number of nitrogens with one attached hydrogen (secondary N) is 2. The zero-order valence-electron chi connectivity index (χ0n) is 25.5. The van der Waals surface area contributed by atoms with Crippen molar-refractivity contribution in [2.45, 2.75) is 14.7 Å². The summed E-state index contributed by atoms with van der Waals surface area (Å²) in [6.45, 7) is 0. The van der Waals surface area contributed by atoms with Gasteiger partial charge in [0, 0.05) is 99.7 Å². The van der Waals surface area contributed by atoms with Crippen molar-refractivity contribution in [1.82, 2.24) is 15.0 Å². The number of aromatic hydroxyl groups is 1. The van der Waals surface area contributed by atoms with Gasteiger partial charge in [0.1, 0.15) is 21.2 Å². The second kappa shape index (κ2) is 17.1. The van der Waals surface area contributed by atoms with Crippen molar-refractivity contribution in [2.75, 3.05) is 10.6 Å². The summed E-state index contributed by atoms with van der Waals surface area (Å²) in [6.07, 6.45) is 0. The molecule has 3 radical (unpaired) electrons. The molecule has 0 fully saturated rings. The van der Waals surface area contributed by atoms with E-state index in [9.17, 15) is 44.0 Å². The Morgan fingerprint density at radius 3 is 1.82 bits per heavy atom. The summed E-state index contributed by atoms with van der Waals surface area (Å²) < 4.78 is 102. The van der Waals surface area contributed by atoms with Gasteiger partial charge >= 0.3 is 0 Å². The maximum Gasteiger partial charge on any atom is 0.296 e. The number of fused-ring (bicyclic) bond motifs is 1. The van der Waals surface area contributed by atoms with Gasteiger partial charge in [0.05, 0.1) is 10.6 Å². The van der Waals surface area contributed by atoms with E-state index in [0.29, 0.717) is 5.69 Å². The number of benzene rings is 4. The van der Waals surface area contributed by atoms with E-state index in [1.165, 1.54) is 12.1 Å². The minimum atomic E-state index is -5.22. The molecule has 1 heterocycles. The number of rotatable bonds is 9. The topological polar surface area (TPSA) is 271 Å². The number of nitrogens with zero attached hydrogens (tertiary/aromatic N) is 5. The van der Waals surface area contributed by atoms with Crippen LogP contribution in [0.15, 0.2) is 97.7 Å². The molecular weight excluding hydrogens is 759 g/mol. The summed E-state index contributed by atoms with van der Waals surface area (Å²) in [5, 5.41) is 23.1. The van der Waals surface area contributed by atoms with Gasteiger partial charge in [-0.25, -0.2) is 0 Å². The smallest absolute Gasteiger partial charge is 0.296 e. The van der Waals surface area contributed by atoms with Crippen LogP contribution >= 0.6 is 11.6 Å². The molecule has 24 heteroatoms. The second-order valence-corrected chi connectivity index (χ2v) is 13.6. The van der Waals surface area contributed by atoms with Crippen LogP contribution in [0.4, 0.5) is 34.6 Å². The van der Waals surface area contributed by atoms with E-state index in [1.807, 2.05) is 0 Å². The Bertz CT molecular complexity index is 2390. The molecular formula is C25H18ClN7Na3O10S3. The number of aromatic nitrogens is 3. The SMILES string of the molecule is O=S(=O)(O)c1cc(Nc2nc(Cl)nc(Nc3ccccc3)n2)c2c(O)c(N=Nc3ccccc3S(=O)(=O)O)c(S(=O)(=O)O)cc2c1.[Na].[Na].[Na]. The van der Waals surface area contributed by atoms with E-state index in [1.54, 1.807) is 30.3 Å². The summed E-state index contributed by atoms with van der Waals surface area (Å²) in [6, 6.07) is 15.7. The van der Waals surface area contributed by atoms with Gasteiger partial charge in [0.15, 0.2) is 5.75 Å². The van der Waals surface area contributed by atoms with Gasteiger partial charge in [-0.15, -0.1) is 10.2 Å². The van der Waals surface area contributed by atoms with E-state index in [-0.39, 0.29) is 122 Å². The first kappa shape index (κ1) is 43.3. The summed E-state index contributed by atoms with van der Waals surface area (Å²) in [7, 11) is -15.0. The van der Waals surface area contributed by atoms with Crippen LogP contribution < -0.4 is 10.6 Å². The van der Waals surface area contributed by atoms with Gasteiger partial charge in [-0.05, 0) is 59.5 Å². The molecule has 5 aromatic rings. The summed E-state index contributed by atoms with van der Waals surface area (Å²) in [4.78, 5) is 9.48. The molecule has 0 spiro atoms. The molecule has 0 bridgehead atoms. The minimum Gasteiger partial charge on any atom is -0.505 e. The van der Waals surface area contributed by atoms with Gasteiger partial charge < -0.3 is 15.7 Å². The molecule has 241 valence electrons. The van der Waals surface area contributed by atoms with Crippen molar-refractivity contribution in [3.8, 4) is 5.75 Å². The van der Waals surface area contributed by atoms with Crippen LogP contribution in [0.1, 0.15) is 0 Å². The van der Waals surface area contributed by atoms with E-state index < -0.39 is 62.2 Å². The first-order chi connectivity index (χ1) is 21.5. The predicted molar refractivity (Wildman–Crippen MR) is 181 cm³/mol. The third-order valence-corrected chi connectivity index (χ3v) is 8.75. The largest absolute Gasteiger partial charge is 0.505 e. The van der Waals surface area contributed by atoms with Crippen LogP contribution in [-0.2, 0) is 30.4 Å². The first-order valence-electron chi connectivity index (χ1n) is 12.3. The molecule has 6 N–H and O–H groups in total. The number of phenolic OH excluding ortho intramolecular Hbond substituents is 1. The third kappa shape index (κ3) is 10.6. The molecule has 0 aliphatic rings. The number of anilines is 4. The van der Waals surface area contributed by atoms with Crippen LogP contribution in [0.3, 0.4) is 0 Å². The van der Waals surface area contributed by atoms with Crippen LogP contribution in [-0.4, -0.2) is 148 Å². The Balaban J connectivity index is 0.00000278. The fourth-order valence-corrected chi connectivity index (χ4v) is 6.08. The molecule has 5 rings (SSSR count). The van der Waals surface area contributed by atoms with E-state index in [4.69, 9.17) is 11.6 Å². The number of hydrogen-bond donors (Lipinski definition) is 6. The third-order valence-electron chi connectivity index (χ3n) is 5.98. The van der Waals surface area contributed by atoms with E-state index in [2.05, 4.69) is 35.8 Å². The Labute approximate surface area is 350 Å². The standard InChI is InChI=1S/C25H18ClN7O10S3.3Na/c26-23-29-24(27-14-6-2-1-3-7-14)31-25(30-23)28-17-12-15(44(35,36)37)10-13-11-19(46(41,42)43)21(22(34)20(13)17)33-32-16-8-4-5-9-18(16)45(38,39)40;;;/h1-12,34H,(H,35,36,37)(H,38,39,40)(H,41,42,43)(H2,27,28,29,30,31);;;. The molecule has 0 unspecified atom stereocenters. The number of para-hydroxylation sites is 1. The Morgan fingerprint density at radius 1 is 0.653 bits per heavy atom. The average molecular weight is 777 g/mol. The summed E-state index contributed by atoms with van der Waals surface area (Å²) in [5.41, 5.74) is -1.16.